The fourth-order valence-electron chi connectivity index (χ4n) is 2.03. The summed E-state index contributed by atoms with van der Waals surface area (Å²) in [5, 5.41) is 2.83. The monoisotopic (exact) mass is 376 g/mol. The molecule has 0 aliphatic carbocycles. The minimum atomic E-state index is -4.49. The predicted molar refractivity (Wildman–Crippen MR) is 79.7 cm³/mol. The van der Waals surface area contributed by atoms with Gasteiger partial charge in [-0.1, -0.05) is 12.1 Å². The Kier molecular flexibility index (Phi) is 4.60. The fourth-order valence-corrected chi connectivity index (χ4v) is 2.58. The molecule has 1 aromatic heterocycles. The summed E-state index contributed by atoms with van der Waals surface area (Å²) in [6.07, 6.45) is -3.10. The Balaban J connectivity index is 2.35. The lowest BCUT2D eigenvalue weighted by atomic mass is 10.1. The van der Waals surface area contributed by atoms with E-state index in [4.69, 9.17) is 0 Å². The van der Waals surface area contributed by atoms with E-state index in [1.165, 1.54) is 13.1 Å². The molecule has 0 bridgehead atoms. The number of halogens is 4. The van der Waals surface area contributed by atoms with Crippen LogP contribution in [-0.4, -0.2) is 23.2 Å². The zero-order chi connectivity index (χ0) is 16.5. The number of alkyl halides is 3. The Hall–Kier alpha value is -1.83. The van der Waals surface area contributed by atoms with Gasteiger partial charge in [-0.05, 0) is 40.4 Å². The van der Waals surface area contributed by atoms with Gasteiger partial charge in [-0.3, -0.25) is 9.59 Å². The number of nitrogens with one attached hydrogen (secondary N) is 1. The molecular weight excluding hydrogens is 365 g/mol. The summed E-state index contributed by atoms with van der Waals surface area (Å²) >= 11 is 3.26. The molecule has 1 N–H and O–H groups in total. The highest BCUT2D eigenvalue weighted by Gasteiger charge is 2.29. The molecule has 0 aliphatic rings. The van der Waals surface area contributed by atoms with Crippen molar-refractivity contribution in [2.75, 3.05) is 6.54 Å². The number of pyridine rings is 1. The third kappa shape index (κ3) is 3.49. The minimum Gasteiger partial charge on any atom is -0.345 e. The molecule has 1 atom stereocenters. The highest BCUT2D eigenvalue weighted by molar-refractivity contribution is 9.10. The Morgan fingerprint density at radius 2 is 2.05 bits per heavy atom. The zero-order valence-electron chi connectivity index (χ0n) is 11.4. The van der Waals surface area contributed by atoms with Crippen LogP contribution in [0, 0.1) is 0 Å². The van der Waals surface area contributed by atoms with Crippen LogP contribution in [0.4, 0.5) is 13.2 Å². The van der Waals surface area contributed by atoms with Crippen molar-refractivity contribution in [1.82, 2.24) is 9.88 Å². The van der Waals surface area contributed by atoms with Gasteiger partial charge in [0.25, 0.3) is 5.56 Å². The van der Waals surface area contributed by atoms with Gasteiger partial charge >= 0.3 is 6.18 Å². The maximum atomic E-state index is 12.4. The van der Waals surface area contributed by atoms with Crippen LogP contribution in [0.3, 0.4) is 0 Å². The van der Waals surface area contributed by atoms with Gasteiger partial charge < -0.3 is 9.88 Å². The molecule has 0 spiro atoms. The molecule has 0 saturated carbocycles. The number of rotatable bonds is 3. The van der Waals surface area contributed by atoms with Crippen molar-refractivity contribution < 1.29 is 18.0 Å². The van der Waals surface area contributed by atoms with Crippen LogP contribution >= 0.6 is 15.9 Å². The molecule has 1 heterocycles. The fraction of sp³-hybridized carbons (Fsp3) is 0.286. The molecule has 4 nitrogen and oxygen atoms in total. The van der Waals surface area contributed by atoms with Crippen molar-refractivity contribution in [2.24, 2.45) is 0 Å². The molecule has 0 fully saturated rings. The number of carbonyl (C=O) groups is 1. The van der Waals surface area contributed by atoms with Crippen LogP contribution in [0.25, 0.3) is 10.8 Å². The number of aromatic nitrogens is 1. The Bertz CT molecular complexity index is 771. The van der Waals surface area contributed by atoms with E-state index in [1.54, 1.807) is 29.6 Å². The van der Waals surface area contributed by atoms with E-state index < -0.39 is 30.2 Å². The number of fused-ring (bicyclic) bond motifs is 1. The molecule has 0 radical (unpaired) electrons. The van der Waals surface area contributed by atoms with Crippen molar-refractivity contribution in [2.45, 2.75) is 19.1 Å². The number of hydrogen-bond acceptors (Lipinski definition) is 2. The summed E-state index contributed by atoms with van der Waals surface area (Å²) in [5.74, 6) is -0.870. The number of amides is 1. The second kappa shape index (κ2) is 6.12. The van der Waals surface area contributed by atoms with Gasteiger partial charge in [0.2, 0.25) is 5.91 Å². The Morgan fingerprint density at radius 3 is 2.68 bits per heavy atom. The number of carbonyl (C=O) groups excluding carboxylic acids is 1. The standard InChI is InChI=1S/C14H12BrF3N2O2/c1-8(12(21)19-7-14(16,17)18)20-6-5-9-3-2-4-10(15)11(9)13(20)22/h2-6,8H,7H2,1H3,(H,19,21). The number of hydrogen-bond donors (Lipinski definition) is 1. The van der Waals surface area contributed by atoms with Crippen molar-refractivity contribution in [3.63, 3.8) is 0 Å². The lowest BCUT2D eigenvalue weighted by Crippen LogP contribution is -2.40. The first-order chi connectivity index (χ1) is 10.2. The van der Waals surface area contributed by atoms with Crippen LogP contribution in [0.2, 0.25) is 0 Å². The molecule has 22 heavy (non-hydrogen) atoms. The van der Waals surface area contributed by atoms with Gasteiger partial charge in [-0.25, -0.2) is 0 Å². The molecule has 1 amide bonds. The SMILES string of the molecule is CC(C(=O)NCC(F)(F)F)n1ccc2cccc(Br)c2c1=O. The molecule has 0 aliphatic heterocycles. The molecule has 2 aromatic rings. The average molecular weight is 377 g/mol. The summed E-state index contributed by atoms with van der Waals surface area (Å²) in [6, 6.07) is 5.76. The zero-order valence-corrected chi connectivity index (χ0v) is 13.0. The van der Waals surface area contributed by atoms with Gasteiger partial charge in [0, 0.05) is 10.7 Å². The maximum absolute atomic E-state index is 12.4. The highest BCUT2D eigenvalue weighted by Crippen LogP contribution is 2.21. The molecule has 118 valence electrons. The van der Waals surface area contributed by atoms with Crippen LogP contribution in [0.15, 0.2) is 39.7 Å². The second-order valence-electron chi connectivity index (χ2n) is 4.74. The van der Waals surface area contributed by atoms with E-state index in [9.17, 15) is 22.8 Å². The molecule has 0 saturated heterocycles. The summed E-state index contributed by atoms with van der Waals surface area (Å²) in [6.45, 7) is -0.0576. The molecule has 8 heteroatoms. The van der Waals surface area contributed by atoms with E-state index in [1.807, 2.05) is 0 Å². The molecular formula is C14H12BrF3N2O2. The van der Waals surface area contributed by atoms with E-state index in [0.717, 1.165) is 4.57 Å². The lowest BCUT2D eigenvalue weighted by Gasteiger charge is -2.16. The van der Waals surface area contributed by atoms with Crippen molar-refractivity contribution >= 4 is 32.6 Å². The third-order valence-electron chi connectivity index (χ3n) is 3.17. The van der Waals surface area contributed by atoms with E-state index in [0.29, 0.717) is 15.2 Å². The largest absolute Gasteiger partial charge is 0.405 e. The first-order valence-corrected chi connectivity index (χ1v) is 7.14. The van der Waals surface area contributed by atoms with Crippen LogP contribution in [-0.2, 0) is 4.79 Å². The first-order valence-electron chi connectivity index (χ1n) is 6.34. The lowest BCUT2D eigenvalue weighted by molar-refractivity contribution is -0.140. The second-order valence-corrected chi connectivity index (χ2v) is 5.60. The van der Waals surface area contributed by atoms with E-state index in [2.05, 4.69) is 15.9 Å². The summed E-state index contributed by atoms with van der Waals surface area (Å²) in [7, 11) is 0. The summed E-state index contributed by atoms with van der Waals surface area (Å²) in [4.78, 5) is 24.2. The van der Waals surface area contributed by atoms with Gasteiger partial charge in [-0.2, -0.15) is 13.2 Å². The molecule has 2 rings (SSSR count). The quantitative estimate of drug-likeness (QED) is 0.894. The third-order valence-corrected chi connectivity index (χ3v) is 3.83. The number of benzene rings is 1. The number of nitrogens with zero attached hydrogens (tertiary/aromatic N) is 1. The molecule has 1 unspecified atom stereocenters. The highest BCUT2D eigenvalue weighted by atomic mass is 79.9. The van der Waals surface area contributed by atoms with Crippen molar-refractivity contribution in [1.29, 1.82) is 0 Å². The van der Waals surface area contributed by atoms with Gasteiger partial charge in [0.15, 0.2) is 0 Å². The topological polar surface area (TPSA) is 51.1 Å². The smallest absolute Gasteiger partial charge is 0.345 e. The maximum Gasteiger partial charge on any atom is 0.405 e. The normalized spacial score (nSPS) is 13.1. The van der Waals surface area contributed by atoms with Crippen LogP contribution in [0.1, 0.15) is 13.0 Å². The molecule has 1 aromatic carbocycles. The van der Waals surface area contributed by atoms with Crippen LogP contribution in [0.5, 0.6) is 0 Å². The van der Waals surface area contributed by atoms with Gasteiger partial charge in [0.05, 0.1) is 5.39 Å². The van der Waals surface area contributed by atoms with E-state index in [-0.39, 0.29) is 0 Å². The van der Waals surface area contributed by atoms with Crippen molar-refractivity contribution in [3.05, 3.63) is 45.3 Å². The summed E-state index contributed by atoms with van der Waals surface area (Å²) < 4.78 is 38.1. The Labute approximate surface area is 132 Å². The Morgan fingerprint density at radius 1 is 1.36 bits per heavy atom. The average Bonchev–Trinajstić information content (AvgIpc) is 2.43. The minimum absolute atomic E-state index is 0.375. The van der Waals surface area contributed by atoms with E-state index >= 15 is 0 Å². The van der Waals surface area contributed by atoms with Gasteiger partial charge in [-0.15, -0.1) is 0 Å². The van der Waals surface area contributed by atoms with Crippen LogP contribution < -0.4 is 10.9 Å². The first kappa shape index (κ1) is 16.5. The van der Waals surface area contributed by atoms with Crippen molar-refractivity contribution in [3.8, 4) is 0 Å². The predicted octanol–water partition coefficient (Wildman–Crippen LogP) is 3.00. The summed E-state index contributed by atoms with van der Waals surface area (Å²) in [5.41, 5.74) is -0.445. The van der Waals surface area contributed by atoms with Gasteiger partial charge in [0.1, 0.15) is 12.6 Å².